The van der Waals surface area contributed by atoms with Crippen LogP contribution in [0.4, 0.5) is 5.69 Å². The summed E-state index contributed by atoms with van der Waals surface area (Å²) in [6, 6.07) is 13.3. The van der Waals surface area contributed by atoms with Gasteiger partial charge in [-0.2, -0.15) is 5.53 Å². The number of hydrogen-bond donors (Lipinski definition) is 5. The second kappa shape index (κ2) is 10.1. The summed E-state index contributed by atoms with van der Waals surface area (Å²) in [5.74, 6) is 1.21. The summed E-state index contributed by atoms with van der Waals surface area (Å²) in [7, 11) is 1.61. The molecule has 1 amide bonds. The second-order valence-electron chi connectivity index (χ2n) is 6.70. The topological polar surface area (TPSA) is 95.7 Å². The summed E-state index contributed by atoms with van der Waals surface area (Å²) in [5, 5.41) is 6.29. The first-order chi connectivity index (χ1) is 14.1. The van der Waals surface area contributed by atoms with Gasteiger partial charge in [0.2, 0.25) is 5.91 Å². The van der Waals surface area contributed by atoms with Gasteiger partial charge >= 0.3 is 0 Å². The third-order valence-corrected chi connectivity index (χ3v) is 4.75. The Morgan fingerprint density at radius 3 is 2.48 bits per heavy atom. The maximum Gasteiger partial charge on any atom is 0.242 e. The van der Waals surface area contributed by atoms with E-state index in [2.05, 4.69) is 46.1 Å². The summed E-state index contributed by atoms with van der Waals surface area (Å²) >= 11 is 0. The molecule has 0 radical (unpaired) electrons. The molecule has 0 aromatic heterocycles. The van der Waals surface area contributed by atoms with Gasteiger partial charge in [0, 0.05) is 12.2 Å². The van der Waals surface area contributed by atoms with Crippen LogP contribution >= 0.6 is 0 Å². The van der Waals surface area contributed by atoms with Crippen LogP contribution in [0, 0.1) is 0 Å². The minimum Gasteiger partial charge on any atom is -0.493 e. The predicted octanol–water partition coefficient (Wildman–Crippen LogP) is 1.69. The van der Waals surface area contributed by atoms with E-state index in [4.69, 9.17) is 9.47 Å². The van der Waals surface area contributed by atoms with Crippen molar-refractivity contribution in [1.82, 2.24) is 21.7 Å². The molecular formula is C21H29N5O3. The molecular weight excluding hydrogens is 370 g/mol. The fourth-order valence-corrected chi connectivity index (χ4v) is 3.11. The fourth-order valence-electron chi connectivity index (χ4n) is 3.11. The van der Waals surface area contributed by atoms with Crippen molar-refractivity contribution in [2.45, 2.75) is 39.0 Å². The molecule has 0 bridgehead atoms. The Bertz CT molecular complexity index is 812. The van der Waals surface area contributed by atoms with Crippen LogP contribution in [0.5, 0.6) is 11.5 Å². The van der Waals surface area contributed by atoms with Gasteiger partial charge in [-0.25, -0.2) is 10.9 Å². The molecule has 2 aromatic rings. The monoisotopic (exact) mass is 399 g/mol. The molecule has 156 valence electrons. The molecule has 2 atom stereocenters. The number of methoxy groups -OCH3 is 1. The third-order valence-electron chi connectivity index (χ3n) is 4.75. The van der Waals surface area contributed by atoms with E-state index in [1.54, 1.807) is 7.11 Å². The Morgan fingerprint density at radius 2 is 1.79 bits per heavy atom. The maximum absolute atomic E-state index is 12.7. The van der Waals surface area contributed by atoms with Crippen LogP contribution in [0.3, 0.4) is 0 Å². The quantitative estimate of drug-likeness (QED) is 0.438. The molecule has 1 aliphatic heterocycles. The van der Waals surface area contributed by atoms with E-state index in [1.165, 1.54) is 5.56 Å². The number of amides is 1. The van der Waals surface area contributed by atoms with Crippen molar-refractivity contribution in [3.05, 3.63) is 53.6 Å². The van der Waals surface area contributed by atoms with Crippen LogP contribution in [0.15, 0.2) is 42.5 Å². The lowest BCUT2D eigenvalue weighted by Crippen LogP contribution is -2.50. The fraction of sp³-hybridized carbons (Fsp3) is 0.381. The van der Waals surface area contributed by atoms with Gasteiger partial charge in [-0.3, -0.25) is 4.79 Å². The van der Waals surface area contributed by atoms with Gasteiger partial charge in [0.1, 0.15) is 12.2 Å². The van der Waals surface area contributed by atoms with Crippen LogP contribution in [0.2, 0.25) is 0 Å². The number of ether oxygens (including phenoxy) is 2. The molecule has 1 saturated heterocycles. The van der Waals surface area contributed by atoms with Gasteiger partial charge in [-0.15, -0.1) is 0 Å². The zero-order valence-corrected chi connectivity index (χ0v) is 17.0. The molecule has 5 N–H and O–H groups in total. The van der Waals surface area contributed by atoms with Crippen LogP contribution in [-0.4, -0.2) is 31.8 Å². The van der Waals surface area contributed by atoms with Crippen molar-refractivity contribution in [3.8, 4) is 11.5 Å². The van der Waals surface area contributed by atoms with E-state index in [-0.39, 0.29) is 12.1 Å². The van der Waals surface area contributed by atoms with Crippen LogP contribution < -0.4 is 36.5 Å². The lowest BCUT2D eigenvalue weighted by Gasteiger charge is -2.20. The lowest BCUT2D eigenvalue weighted by molar-refractivity contribution is -0.123. The molecule has 1 fully saturated rings. The normalized spacial score (nSPS) is 18.3. The van der Waals surface area contributed by atoms with Gasteiger partial charge in [0.25, 0.3) is 0 Å². The molecule has 0 aliphatic carbocycles. The summed E-state index contributed by atoms with van der Waals surface area (Å²) in [5.41, 5.74) is 12.0. The van der Waals surface area contributed by atoms with Crippen molar-refractivity contribution in [2.24, 2.45) is 0 Å². The average molecular weight is 399 g/mol. The number of hydrogen-bond acceptors (Lipinski definition) is 7. The van der Waals surface area contributed by atoms with Gasteiger partial charge in [-0.05, 0) is 48.7 Å². The van der Waals surface area contributed by atoms with Crippen molar-refractivity contribution < 1.29 is 14.3 Å². The molecule has 0 spiro atoms. The Morgan fingerprint density at radius 1 is 1.03 bits per heavy atom. The molecule has 0 saturated carbocycles. The van der Waals surface area contributed by atoms with E-state index >= 15 is 0 Å². The first kappa shape index (κ1) is 20.9. The maximum atomic E-state index is 12.7. The highest BCUT2D eigenvalue weighted by atomic mass is 16.5. The standard InChI is InChI=1S/C21H29N5O3/c1-4-14-6-9-16(10-7-14)23-20-19(24-26-25-20)21(27)22-13-15-8-11-17(28-3)18(12-15)29-5-2/h6-12,19-20,23-26H,4-5,13H2,1-3H3,(H,22,27). The summed E-state index contributed by atoms with van der Waals surface area (Å²) < 4.78 is 10.9. The van der Waals surface area contributed by atoms with Crippen LogP contribution in [0.25, 0.3) is 0 Å². The molecule has 8 nitrogen and oxygen atoms in total. The third kappa shape index (κ3) is 5.38. The molecule has 8 heteroatoms. The Labute approximate surface area is 171 Å². The van der Waals surface area contributed by atoms with Crippen molar-refractivity contribution in [2.75, 3.05) is 19.0 Å². The van der Waals surface area contributed by atoms with Gasteiger partial charge in [-0.1, -0.05) is 25.1 Å². The number of carbonyl (C=O) groups excluding carboxylic acids is 1. The number of benzene rings is 2. The summed E-state index contributed by atoms with van der Waals surface area (Å²) in [4.78, 5) is 12.7. The van der Waals surface area contributed by atoms with Crippen LogP contribution in [-0.2, 0) is 17.8 Å². The van der Waals surface area contributed by atoms with E-state index in [0.29, 0.717) is 24.7 Å². The number of carbonyl (C=O) groups is 1. The highest BCUT2D eigenvalue weighted by molar-refractivity contribution is 5.83. The molecule has 29 heavy (non-hydrogen) atoms. The van der Waals surface area contributed by atoms with E-state index < -0.39 is 6.04 Å². The van der Waals surface area contributed by atoms with Crippen molar-refractivity contribution >= 4 is 11.6 Å². The first-order valence-electron chi connectivity index (χ1n) is 9.83. The van der Waals surface area contributed by atoms with Gasteiger partial charge < -0.3 is 20.1 Å². The molecule has 1 heterocycles. The van der Waals surface area contributed by atoms with E-state index in [1.807, 2.05) is 37.3 Å². The highest BCUT2D eigenvalue weighted by Crippen LogP contribution is 2.28. The number of rotatable bonds is 9. The van der Waals surface area contributed by atoms with Crippen LogP contribution in [0.1, 0.15) is 25.0 Å². The lowest BCUT2D eigenvalue weighted by atomic mass is 10.1. The minimum absolute atomic E-state index is 0.126. The van der Waals surface area contributed by atoms with Crippen molar-refractivity contribution in [1.29, 1.82) is 0 Å². The Kier molecular flexibility index (Phi) is 7.29. The van der Waals surface area contributed by atoms with Crippen molar-refractivity contribution in [3.63, 3.8) is 0 Å². The Balaban J connectivity index is 1.58. The largest absolute Gasteiger partial charge is 0.493 e. The molecule has 2 aromatic carbocycles. The first-order valence-corrected chi connectivity index (χ1v) is 9.83. The number of nitrogens with one attached hydrogen (secondary N) is 5. The number of aryl methyl sites for hydroxylation is 1. The zero-order valence-electron chi connectivity index (χ0n) is 17.0. The molecule has 2 unspecified atom stereocenters. The SMILES string of the molecule is CCOc1cc(CNC(=O)C2NNNC2Nc2ccc(CC)cc2)ccc1OC. The summed E-state index contributed by atoms with van der Waals surface area (Å²) in [6.45, 7) is 4.97. The molecule has 3 rings (SSSR count). The Hall–Kier alpha value is -2.81. The number of anilines is 1. The summed E-state index contributed by atoms with van der Waals surface area (Å²) in [6.07, 6.45) is 0.698. The smallest absolute Gasteiger partial charge is 0.242 e. The van der Waals surface area contributed by atoms with E-state index in [0.717, 1.165) is 17.7 Å². The predicted molar refractivity (Wildman–Crippen MR) is 112 cm³/mol. The zero-order chi connectivity index (χ0) is 20.6. The number of hydrazine groups is 2. The van der Waals surface area contributed by atoms with Gasteiger partial charge in [0.15, 0.2) is 11.5 Å². The second-order valence-corrected chi connectivity index (χ2v) is 6.70. The van der Waals surface area contributed by atoms with Gasteiger partial charge in [0.05, 0.1) is 13.7 Å². The highest BCUT2D eigenvalue weighted by Gasteiger charge is 2.32. The molecule has 1 aliphatic rings. The average Bonchev–Trinajstić information content (AvgIpc) is 3.21. The minimum atomic E-state index is -0.481. The van der Waals surface area contributed by atoms with E-state index in [9.17, 15) is 4.79 Å².